The zero-order valence-electron chi connectivity index (χ0n) is 16.7. The van der Waals surface area contributed by atoms with Gasteiger partial charge < -0.3 is 9.84 Å². The number of amides is 1. The Bertz CT molecular complexity index is 1260. The van der Waals surface area contributed by atoms with Gasteiger partial charge in [-0.25, -0.2) is 4.39 Å². The quantitative estimate of drug-likeness (QED) is 0.298. The molecule has 0 aliphatic carbocycles. The average Bonchev–Trinajstić information content (AvgIpc) is 3.04. The summed E-state index contributed by atoms with van der Waals surface area (Å²) in [7, 11) is 1.40. The Morgan fingerprint density at radius 3 is 2.34 bits per heavy atom. The molecule has 0 bridgehead atoms. The van der Waals surface area contributed by atoms with Gasteiger partial charge in [0, 0.05) is 15.7 Å². The van der Waals surface area contributed by atoms with Gasteiger partial charge in [-0.05, 0) is 54.1 Å². The number of rotatable bonds is 4. The Morgan fingerprint density at radius 1 is 1.00 bits per heavy atom. The van der Waals surface area contributed by atoms with Crippen molar-refractivity contribution >= 4 is 46.3 Å². The van der Waals surface area contributed by atoms with Crippen LogP contribution in [-0.2, 0) is 9.59 Å². The molecular formula is C24H16Cl2FNO4. The topological polar surface area (TPSA) is 66.8 Å². The van der Waals surface area contributed by atoms with E-state index in [9.17, 15) is 19.1 Å². The fraction of sp³-hybridized carbons (Fsp3) is 0.0833. The number of aliphatic hydroxyl groups excluding tert-OH is 1. The van der Waals surface area contributed by atoms with Gasteiger partial charge in [-0.2, -0.15) is 0 Å². The molecule has 162 valence electrons. The number of Topliss-reactive ketones (excluding diaryl/α,β-unsaturated/α-hetero) is 1. The van der Waals surface area contributed by atoms with Gasteiger partial charge in [0.2, 0.25) is 0 Å². The van der Waals surface area contributed by atoms with Crippen LogP contribution in [0.2, 0.25) is 10.0 Å². The van der Waals surface area contributed by atoms with E-state index in [0.717, 1.165) is 0 Å². The van der Waals surface area contributed by atoms with Gasteiger partial charge in [0.1, 0.15) is 17.3 Å². The molecule has 1 amide bonds. The summed E-state index contributed by atoms with van der Waals surface area (Å²) in [6, 6.07) is 15.3. The number of anilines is 1. The van der Waals surface area contributed by atoms with Crippen LogP contribution in [0.5, 0.6) is 5.75 Å². The number of hydrogen-bond donors (Lipinski definition) is 1. The third-order valence-corrected chi connectivity index (χ3v) is 5.60. The Morgan fingerprint density at radius 2 is 1.69 bits per heavy atom. The highest BCUT2D eigenvalue weighted by atomic mass is 35.5. The standard InChI is InChI=1S/C24H16Cl2FNO4/c1-32-19-10-7-15(26)12-18(19)22(29)20-21(13-5-8-16(27)9-6-13)28(24(31)23(20)30)17-4-2-3-14(25)11-17/h2-12,21,29H,1H3/b22-20+. The molecule has 1 saturated heterocycles. The number of methoxy groups -OCH3 is 1. The van der Waals surface area contributed by atoms with Gasteiger partial charge in [-0.15, -0.1) is 0 Å². The summed E-state index contributed by atoms with van der Waals surface area (Å²) in [5, 5.41) is 11.9. The highest BCUT2D eigenvalue weighted by molar-refractivity contribution is 6.52. The van der Waals surface area contributed by atoms with E-state index in [1.807, 2.05) is 0 Å². The number of carbonyl (C=O) groups excluding carboxylic acids is 2. The monoisotopic (exact) mass is 471 g/mol. The lowest BCUT2D eigenvalue weighted by Gasteiger charge is -2.25. The zero-order valence-corrected chi connectivity index (χ0v) is 18.2. The lowest BCUT2D eigenvalue weighted by atomic mass is 9.95. The number of benzene rings is 3. The summed E-state index contributed by atoms with van der Waals surface area (Å²) in [5.41, 5.74) is 0.748. The molecule has 0 saturated carbocycles. The number of halogens is 3. The van der Waals surface area contributed by atoms with Crippen molar-refractivity contribution in [1.82, 2.24) is 0 Å². The summed E-state index contributed by atoms with van der Waals surface area (Å²) in [6.45, 7) is 0. The fourth-order valence-electron chi connectivity index (χ4n) is 3.70. The van der Waals surface area contributed by atoms with Crippen LogP contribution in [0.15, 0.2) is 72.3 Å². The first-order chi connectivity index (χ1) is 15.3. The van der Waals surface area contributed by atoms with Gasteiger partial charge in [0.15, 0.2) is 0 Å². The lowest BCUT2D eigenvalue weighted by Crippen LogP contribution is -2.29. The van der Waals surface area contributed by atoms with Crippen molar-refractivity contribution in [3.05, 3.63) is 99.3 Å². The Kier molecular flexibility index (Phi) is 5.91. The first-order valence-corrected chi connectivity index (χ1v) is 10.2. The summed E-state index contributed by atoms with van der Waals surface area (Å²) >= 11 is 12.2. The molecule has 1 fully saturated rings. The number of nitrogens with zero attached hydrogens (tertiary/aromatic N) is 1. The van der Waals surface area contributed by atoms with E-state index >= 15 is 0 Å². The molecule has 1 aliphatic heterocycles. The van der Waals surface area contributed by atoms with Crippen molar-refractivity contribution in [1.29, 1.82) is 0 Å². The molecule has 0 spiro atoms. The van der Waals surface area contributed by atoms with Gasteiger partial charge in [-0.3, -0.25) is 14.5 Å². The van der Waals surface area contributed by atoms with E-state index in [0.29, 0.717) is 21.3 Å². The van der Waals surface area contributed by atoms with Crippen LogP contribution in [0.3, 0.4) is 0 Å². The van der Waals surface area contributed by atoms with Crippen LogP contribution in [0, 0.1) is 5.82 Å². The maximum absolute atomic E-state index is 13.6. The Balaban J connectivity index is 1.99. The molecule has 0 radical (unpaired) electrons. The molecule has 1 unspecified atom stereocenters. The van der Waals surface area contributed by atoms with Crippen molar-refractivity contribution in [2.75, 3.05) is 12.0 Å². The van der Waals surface area contributed by atoms with Crippen molar-refractivity contribution in [2.24, 2.45) is 0 Å². The molecule has 0 aromatic heterocycles. The third kappa shape index (κ3) is 3.83. The minimum absolute atomic E-state index is 0.149. The largest absolute Gasteiger partial charge is 0.507 e. The fourth-order valence-corrected chi connectivity index (χ4v) is 4.05. The third-order valence-electron chi connectivity index (χ3n) is 5.13. The second-order valence-electron chi connectivity index (χ2n) is 7.05. The van der Waals surface area contributed by atoms with E-state index in [4.69, 9.17) is 27.9 Å². The predicted octanol–water partition coefficient (Wildman–Crippen LogP) is 5.77. The van der Waals surface area contributed by atoms with Gasteiger partial charge in [-0.1, -0.05) is 41.4 Å². The smallest absolute Gasteiger partial charge is 0.300 e. The number of ether oxygens (including phenoxy) is 1. The molecule has 1 N–H and O–H groups in total. The lowest BCUT2D eigenvalue weighted by molar-refractivity contribution is -0.132. The van der Waals surface area contributed by atoms with Gasteiger partial charge in [0.25, 0.3) is 11.7 Å². The second kappa shape index (κ2) is 8.65. The highest BCUT2D eigenvalue weighted by Gasteiger charge is 2.47. The van der Waals surface area contributed by atoms with Crippen LogP contribution in [0.25, 0.3) is 5.76 Å². The maximum Gasteiger partial charge on any atom is 0.300 e. The van der Waals surface area contributed by atoms with Crippen LogP contribution in [0.4, 0.5) is 10.1 Å². The summed E-state index contributed by atoms with van der Waals surface area (Å²) in [6.07, 6.45) is 0. The number of aliphatic hydroxyl groups is 1. The second-order valence-corrected chi connectivity index (χ2v) is 7.92. The van der Waals surface area contributed by atoms with Crippen molar-refractivity contribution in [2.45, 2.75) is 6.04 Å². The molecule has 3 aromatic rings. The van der Waals surface area contributed by atoms with Gasteiger partial charge in [0.05, 0.1) is 24.3 Å². The van der Waals surface area contributed by atoms with E-state index < -0.39 is 29.3 Å². The molecule has 8 heteroatoms. The Hall–Kier alpha value is -3.35. The van der Waals surface area contributed by atoms with E-state index in [1.165, 1.54) is 54.5 Å². The zero-order chi connectivity index (χ0) is 23.0. The predicted molar refractivity (Wildman–Crippen MR) is 121 cm³/mol. The first kappa shape index (κ1) is 21.9. The number of ketones is 1. The normalized spacial score (nSPS) is 17.6. The molecule has 3 aromatic carbocycles. The number of hydrogen-bond acceptors (Lipinski definition) is 4. The molecule has 1 atom stereocenters. The first-order valence-electron chi connectivity index (χ1n) is 9.47. The van der Waals surface area contributed by atoms with Crippen LogP contribution >= 0.6 is 23.2 Å². The van der Waals surface area contributed by atoms with Crippen molar-refractivity contribution in [3.8, 4) is 5.75 Å². The van der Waals surface area contributed by atoms with Crippen LogP contribution in [-0.4, -0.2) is 23.9 Å². The molecule has 5 nitrogen and oxygen atoms in total. The summed E-state index contributed by atoms with van der Waals surface area (Å²) in [4.78, 5) is 27.5. The minimum atomic E-state index is -1.03. The van der Waals surface area contributed by atoms with Crippen LogP contribution < -0.4 is 9.64 Å². The molecule has 1 aliphatic rings. The maximum atomic E-state index is 13.6. The van der Waals surface area contributed by atoms with Gasteiger partial charge >= 0.3 is 0 Å². The number of carbonyl (C=O) groups is 2. The Labute approximate surface area is 193 Å². The molecular weight excluding hydrogens is 456 g/mol. The van der Waals surface area contributed by atoms with E-state index in [-0.39, 0.29) is 16.9 Å². The van der Waals surface area contributed by atoms with Crippen LogP contribution in [0.1, 0.15) is 17.2 Å². The summed E-state index contributed by atoms with van der Waals surface area (Å²) < 4.78 is 18.9. The van der Waals surface area contributed by atoms with Crippen molar-refractivity contribution in [3.63, 3.8) is 0 Å². The van der Waals surface area contributed by atoms with E-state index in [1.54, 1.807) is 24.3 Å². The molecule has 4 rings (SSSR count). The summed E-state index contributed by atoms with van der Waals surface area (Å²) in [5.74, 6) is -2.44. The van der Waals surface area contributed by atoms with Crippen molar-refractivity contribution < 1.29 is 23.8 Å². The highest BCUT2D eigenvalue weighted by Crippen LogP contribution is 2.44. The molecule has 1 heterocycles. The minimum Gasteiger partial charge on any atom is -0.507 e. The SMILES string of the molecule is COc1ccc(Cl)cc1/C(O)=C1\C(=O)C(=O)N(c2cccc(Cl)c2)C1c1ccc(F)cc1. The molecule has 32 heavy (non-hydrogen) atoms. The average molecular weight is 472 g/mol. The van der Waals surface area contributed by atoms with E-state index in [2.05, 4.69) is 0 Å².